The highest BCUT2D eigenvalue weighted by Gasteiger charge is 2.25. The maximum atomic E-state index is 11.8. The number of ether oxygens (including phenoxy) is 3. The lowest BCUT2D eigenvalue weighted by Crippen LogP contribution is -2.37. The summed E-state index contributed by atoms with van der Waals surface area (Å²) in [6, 6.07) is 3.92. The Morgan fingerprint density at radius 1 is 0.930 bits per heavy atom. The lowest BCUT2D eigenvalue weighted by atomic mass is 9.93. The predicted molar refractivity (Wildman–Crippen MR) is 164 cm³/mol. The lowest BCUT2D eigenvalue weighted by molar-refractivity contribution is 0.0384. The fourth-order valence-electron chi connectivity index (χ4n) is 5.73. The van der Waals surface area contributed by atoms with Gasteiger partial charge in [-0.25, -0.2) is 18.4 Å². The summed E-state index contributed by atoms with van der Waals surface area (Å²) < 4.78 is 43.6. The van der Waals surface area contributed by atoms with Gasteiger partial charge in [0.15, 0.2) is 0 Å². The monoisotopic (exact) mass is 612 g/mol. The summed E-state index contributed by atoms with van der Waals surface area (Å²) >= 11 is 0. The molecule has 1 aliphatic carbocycles. The highest BCUT2D eigenvalue weighted by Crippen LogP contribution is 2.33. The van der Waals surface area contributed by atoms with Crippen LogP contribution in [0.15, 0.2) is 30.7 Å². The van der Waals surface area contributed by atoms with Crippen LogP contribution in [0.1, 0.15) is 31.2 Å². The van der Waals surface area contributed by atoms with Crippen molar-refractivity contribution in [2.24, 2.45) is 0 Å². The third-order valence-corrected chi connectivity index (χ3v) is 8.69. The smallest absolute Gasteiger partial charge is 0.229 e. The van der Waals surface area contributed by atoms with Crippen molar-refractivity contribution in [1.29, 1.82) is 0 Å². The van der Waals surface area contributed by atoms with Crippen LogP contribution in [0.5, 0.6) is 5.88 Å². The van der Waals surface area contributed by atoms with Gasteiger partial charge in [-0.05, 0) is 43.7 Å². The quantitative estimate of drug-likeness (QED) is 0.347. The topological polar surface area (TPSA) is 144 Å². The number of nitrogens with one attached hydrogen (secondary N) is 2. The van der Waals surface area contributed by atoms with Crippen LogP contribution in [0.25, 0.3) is 10.9 Å². The fraction of sp³-hybridized carbons (Fsp3) is 0.586. The van der Waals surface area contributed by atoms with Crippen molar-refractivity contribution in [3.05, 3.63) is 36.3 Å². The van der Waals surface area contributed by atoms with E-state index in [0.29, 0.717) is 41.6 Å². The molecule has 5 heterocycles. The van der Waals surface area contributed by atoms with Crippen molar-refractivity contribution in [3.8, 4) is 5.88 Å². The minimum atomic E-state index is -3.45. The molecule has 14 heteroatoms. The zero-order valence-corrected chi connectivity index (χ0v) is 25.4. The molecule has 232 valence electrons. The highest BCUT2D eigenvalue weighted by atomic mass is 32.2. The Morgan fingerprint density at radius 3 is 2.33 bits per heavy atom. The van der Waals surface area contributed by atoms with Crippen molar-refractivity contribution in [2.45, 2.75) is 44.2 Å². The maximum absolute atomic E-state index is 11.8. The van der Waals surface area contributed by atoms with Crippen LogP contribution < -0.4 is 19.7 Å². The first-order valence-corrected chi connectivity index (χ1v) is 16.9. The predicted octanol–water partition coefficient (Wildman–Crippen LogP) is 2.30. The van der Waals surface area contributed by atoms with Crippen molar-refractivity contribution in [2.75, 3.05) is 80.3 Å². The Labute approximate surface area is 252 Å². The normalized spacial score (nSPS) is 21.9. The van der Waals surface area contributed by atoms with E-state index in [1.807, 2.05) is 18.5 Å². The van der Waals surface area contributed by atoms with Crippen molar-refractivity contribution < 1.29 is 22.6 Å². The molecule has 3 aromatic heterocycles. The molecule has 3 aliphatic rings. The molecule has 6 rings (SSSR count). The summed E-state index contributed by atoms with van der Waals surface area (Å²) in [4.78, 5) is 23.1. The SMILES string of the molecule is CS(=O)(=O)Nc1cnc2cc(N3CCOCC3)nc(OC3CCC(Nc4ncc(CCN5CCOCC5)cn4)CC3)c2c1. The maximum Gasteiger partial charge on any atom is 0.229 e. The largest absolute Gasteiger partial charge is 0.474 e. The van der Waals surface area contributed by atoms with Gasteiger partial charge in [0, 0.05) is 57.2 Å². The number of anilines is 3. The van der Waals surface area contributed by atoms with Crippen molar-refractivity contribution in [3.63, 3.8) is 0 Å². The summed E-state index contributed by atoms with van der Waals surface area (Å²) in [5.41, 5.74) is 2.21. The summed E-state index contributed by atoms with van der Waals surface area (Å²) in [7, 11) is -3.45. The van der Waals surface area contributed by atoms with E-state index in [-0.39, 0.29) is 12.1 Å². The summed E-state index contributed by atoms with van der Waals surface area (Å²) in [5.74, 6) is 1.90. The van der Waals surface area contributed by atoms with Crippen LogP contribution in [-0.2, 0) is 25.9 Å². The first-order chi connectivity index (χ1) is 20.9. The van der Waals surface area contributed by atoms with E-state index in [0.717, 1.165) is 95.7 Å². The van der Waals surface area contributed by atoms with E-state index in [4.69, 9.17) is 19.2 Å². The number of aromatic nitrogens is 4. The van der Waals surface area contributed by atoms with Gasteiger partial charge in [0.2, 0.25) is 21.9 Å². The van der Waals surface area contributed by atoms with E-state index in [2.05, 4.69) is 34.8 Å². The molecular formula is C29H40N8O5S. The zero-order chi connectivity index (χ0) is 29.6. The molecular weight excluding hydrogens is 572 g/mol. The molecule has 3 aromatic rings. The second-order valence-electron chi connectivity index (χ2n) is 11.4. The number of pyridine rings is 2. The molecule has 13 nitrogen and oxygen atoms in total. The molecule has 0 spiro atoms. The zero-order valence-electron chi connectivity index (χ0n) is 24.6. The van der Waals surface area contributed by atoms with Gasteiger partial charge in [0.25, 0.3) is 0 Å². The van der Waals surface area contributed by atoms with Crippen molar-refractivity contribution in [1.82, 2.24) is 24.8 Å². The molecule has 0 atom stereocenters. The minimum absolute atomic E-state index is 0.0244. The average Bonchev–Trinajstić information content (AvgIpc) is 3.02. The average molecular weight is 613 g/mol. The third kappa shape index (κ3) is 8.19. The van der Waals surface area contributed by atoms with Gasteiger partial charge in [-0.15, -0.1) is 0 Å². The van der Waals surface area contributed by atoms with Gasteiger partial charge in [-0.1, -0.05) is 0 Å². The Hall–Kier alpha value is -3.33. The first-order valence-electron chi connectivity index (χ1n) is 15.0. The van der Waals surface area contributed by atoms with Gasteiger partial charge in [0.05, 0.1) is 55.5 Å². The number of morpholine rings is 2. The molecule has 43 heavy (non-hydrogen) atoms. The minimum Gasteiger partial charge on any atom is -0.474 e. The molecule has 2 N–H and O–H groups in total. The highest BCUT2D eigenvalue weighted by molar-refractivity contribution is 7.92. The van der Waals surface area contributed by atoms with Crippen LogP contribution >= 0.6 is 0 Å². The van der Waals surface area contributed by atoms with E-state index < -0.39 is 10.0 Å². The van der Waals surface area contributed by atoms with Crippen LogP contribution in [0.2, 0.25) is 0 Å². The van der Waals surface area contributed by atoms with Gasteiger partial charge >= 0.3 is 0 Å². The molecule has 0 amide bonds. The molecule has 0 aromatic carbocycles. The Bertz CT molecular complexity index is 1470. The van der Waals surface area contributed by atoms with Crippen LogP contribution in [0.4, 0.5) is 17.5 Å². The molecule has 2 aliphatic heterocycles. The molecule has 1 saturated carbocycles. The van der Waals surface area contributed by atoms with Gasteiger partial charge in [0.1, 0.15) is 11.9 Å². The van der Waals surface area contributed by atoms with E-state index in [1.54, 1.807) is 6.07 Å². The molecule has 2 saturated heterocycles. The Morgan fingerprint density at radius 2 is 1.63 bits per heavy atom. The molecule has 0 unspecified atom stereocenters. The lowest BCUT2D eigenvalue weighted by Gasteiger charge is -2.31. The third-order valence-electron chi connectivity index (χ3n) is 8.08. The van der Waals surface area contributed by atoms with Crippen LogP contribution in [-0.4, -0.2) is 111 Å². The summed E-state index contributed by atoms with van der Waals surface area (Å²) in [6.45, 7) is 7.32. The summed E-state index contributed by atoms with van der Waals surface area (Å²) in [5, 5.41) is 4.17. The first kappa shape index (κ1) is 29.7. The molecule has 3 fully saturated rings. The number of nitrogens with zero attached hydrogens (tertiary/aromatic N) is 6. The Kier molecular flexibility index (Phi) is 9.36. The number of rotatable bonds is 10. The van der Waals surface area contributed by atoms with Crippen LogP contribution in [0, 0.1) is 0 Å². The van der Waals surface area contributed by atoms with Crippen molar-refractivity contribution >= 4 is 38.4 Å². The van der Waals surface area contributed by atoms with Gasteiger partial charge in [-0.3, -0.25) is 14.6 Å². The molecule has 0 radical (unpaired) electrons. The fourth-order valence-corrected chi connectivity index (χ4v) is 6.27. The number of hydrogen-bond acceptors (Lipinski definition) is 12. The van der Waals surface area contributed by atoms with E-state index in [9.17, 15) is 8.42 Å². The number of hydrogen-bond donors (Lipinski definition) is 2. The van der Waals surface area contributed by atoms with E-state index >= 15 is 0 Å². The molecule has 0 bridgehead atoms. The number of fused-ring (bicyclic) bond motifs is 1. The standard InChI is InChI=1S/C29H40N8O5S/c1-43(38,39)35-23-16-25-26(30-20-23)17-27(37-10-14-41-15-11-37)34-28(25)42-24-4-2-22(3-5-24)33-29-31-18-21(19-32-29)6-7-36-8-12-40-13-9-36/h16-20,22,24,35H,2-15H2,1H3,(H,31,32,33). The second kappa shape index (κ2) is 13.5. The summed E-state index contributed by atoms with van der Waals surface area (Å²) in [6.07, 6.45) is 10.9. The van der Waals surface area contributed by atoms with Crippen LogP contribution in [0.3, 0.4) is 0 Å². The van der Waals surface area contributed by atoms with Gasteiger partial charge in [-0.2, -0.15) is 4.98 Å². The van der Waals surface area contributed by atoms with E-state index in [1.165, 1.54) is 6.20 Å². The second-order valence-corrected chi connectivity index (χ2v) is 13.2. The van der Waals surface area contributed by atoms with Gasteiger partial charge < -0.3 is 24.4 Å². The number of sulfonamides is 1. The Balaban J connectivity index is 1.08.